The molecule has 0 spiro atoms. The van der Waals surface area contributed by atoms with Gasteiger partial charge in [-0.1, -0.05) is 34.3 Å². The van der Waals surface area contributed by atoms with Gasteiger partial charge in [0.1, 0.15) is 0 Å². The molecular weight excluding hydrogens is 136 g/mol. The molecular formula is C10H20O. The zero-order valence-corrected chi connectivity index (χ0v) is 8.35. The van der Waals surface area contributed by atoms with E-state index in [0.717, 1.165) is 5.76 Å². The minimum atomic E-state index is 0.458. The summed E-state index contributed by atoms with van der Waals surface area (Å²) in [6, 6.07) is 0. The van der Waals surface area contributed by atoms with Crippen LogP contribution < -0.4 is 0 Å². The molecule has 11 heavy (non-hydrogen) atoms. The second-order valence-electron chi connectivity index (χ2n) is 3.56. The average molecular weight is 156 g/mol. The summed E-state index contributed by atoms with van der Waals surface area (Å²) in [5.41, 5.74) is 0. The lowest BCUT2D eigenvalue weighted by Gasteiger charge is -2.24. The van der Waals surface area contributed by atoms with Gasteiger partial charge in [-0.05, 0) is 11.8 Å². The van der Waals surface area contributed by atoms with Crippen LogP contribution >= 0.6 is 0 Å². The minimum absolute atomic E-state index is 0.458. The van der Waals surface area contributed by atoms with Gasteiger partial charge in [0.2, 0.25) is 0 Å². The molecule has 2 unspecified atom stereocenters. The summed E-state index contributed by atoms with van der Waals surface area (Å²) in [6.07, 6.45) is 0. The van der Waals surface area contributed by atoms with Crippen LogP contribution in [-0.2, 0) is 4.74 Å². The molecule has 2 atom stereocenters. The Balaban J connectivity index is 4.01. The highest BCUT2D eigenvalue weighted by Gasteiger charge is 2.18. The van der Waals surface area contributed by atoms with E-state index in [2.05, 4.69) is 34.3 Å². The number of hydrogen-bond acceptors (Lipinski definition) is 1. The van der Waals surface area contributed by atoms with Crippen LogP contribution in [0.25, 0.3) is 0 Å². The molecule has 0 aromatic carbocycles. The SMILES string of the molecule is C=C(OC)C(C)C(C)C(C)C. The first-order valence-electron chi connectivity index (χ1n) is 4.23. The molecule has 0 amide bonds. The van der Waals surface area contributed by atoms with Gasteiger partial charge in [0.05, 0.1) is 12.9 Å². The molecule has 0 rings (SSSR count). The van der Waals surface area contributed by atoms with Gasteiger partial charge in [-0.3, -0.25) is 0 Å². The maximum atomic E-state index is 5.09. The monoisotopic (exact) mass is 156 g/mol. The molecule has 0 N–H and O–H groups in total. The normalized spacial score (nSPS) is 16.2. The van der Waals surface area contributed by atoms with Gasteiger partial charge in [-0.15, -0.1) is 0 Å². The van der Waals surface area contributed by atoms with Crippen LogP contribution in [0, 0.1) is 17.8 Å². The lowest BCUT2D eigenvalue weighted by molar-refractivity contribution is 0.198. The summed E-state index contributed by atoms with van der Waals surface area (Å²) in [5.74, 6) is 2.69. The molecule has 0 aromatic heterocycles. The Labute approximate surface area is 70.4 Å². The molecule has 0 aliphatic rings. The first kappa shape index (κ1) is 10.5. The van der Waals surface area contributed by atoms with Crippen LogP contribution in [0.1, 0.15) is 27.7 Å². The fraction of sp³-hybridized carbons (Fsp3) is 0.800. The van der Waals surface area contributed by atoms with Gasteiger partial charge >= 0.3 is 0 Å². The van der Waals surface area contributed by atoms with Gasteiger partial charge in [0, 0.05) is 5.92 Å². The predicted molar refractivity (Wildman–Crippen MR) is 49.3 cm³/mol. The van der Waals surface area contributed by atoms with Crippen molar-refractivity contribution < 1.29 is 4.74 Å². The molecule has 1 nitrogen and oxygen atoms in total. The standard InChI is InChI=1S/C10H20O/c1-7(2)8(3)9(4)10(5)11-6/h7-9H,5H2,1-4,6H3. The molecule has 0 bridgehead atoms. The Morgan fingerprint density at radius 1 is 1.18 bits per heavy atom. The highest BCUT2D eigenvalue weighted by molar-refractivity contribution is 4.91. The van der Waals surface area contributed by atoms with E-state index >= 15 is 0 Å². The number of ether oxygens (including phenoxy) is 1. The average Bonchev–Trinajstić information content (AvgIpc) is 2.00. The number of methoxy groups -OCH3 is 1. The second kappa shape index (κ2) is 4.42. The number of rotatable bonds is 4. The summed E-state index contributed by atoms with van der Waals surface area (Å²) in [5, 5.41) is 0. The van der Waals surface area contributed by atoms with Crippen LogP contribution in [0.5, 0.6) is 0 Å². The van der Waals surface area contributed by atoms with Crippen LogP contribution in [-0.4, -0.2) is 7.11 Å². The van der Waals surface area contributed by atoms with Crippen LogP contribution in [0.3, 0.4) is 0 Å². The molecule has 0 aromatic rings. The van der Waals surface area contributed by atoms with E-state index in [4.69, 9.17) is 4.74 Å². The van der Waals surface area contributed by atoms with Crippen molar-refractivity contribution in [2.75, 3.05) is 7.11 Å². The molecule has 0 heterocycles. The quantitative estimate of drug-likeness (QED) is 0.568. The third-order valence-corrected chi connectivity index (χ3v) is 2.61. The maximum Gasteiger partial charge on any atom is 0.0914 e. The highest BCUT2D eigenvalue weighted by atomic mass is 16.5. The van der Waals surface area contributed by atoms with Crippen molar-refractivity contribution in [1.82, 2.24) is 0 Å². The van der Waals surface area contributed by atoms with Crippen molar-refractivity contribution in [3.8, 4) is 0 Å². The Morgan fingerprint density at radius 2 is 1.64 bits per heavy atom. The van der Waals surface area contributed by atoms with Gasteiger partial charge < -0.3 is 4.74 Å². The fourth-order valence-electron chi connectivity index (χ4n) is 1.06. The third-order valence-electron chi connectivity index (χ3n) is 2.61. The lowest BCUT2D eigenvalue weighted by Crippen LogP contribution is -2.16. The Morgan fingerprint density at radius 3 is 1.91 bits per heavy atom. The van der Waals surface area contributed by atoms with Crippen molar-refractivity contribution in [1.29, 1.82) is 0 Å². The fourth-order valence-corrected chi connectivity index (χ4v) is 1.06. The van der Waals surface area contributed by atoms with Crippen molar-refractivity contribution in [3.63, 3.8) is 0 Å². The predicted octanol–water partition coefficient (Wildman–Crippen LogP) is 3.07. The Bertz CT molecular complexity index is 127. The summed E-state index contributed by atoms with van der Waals surface area (Å²) >= 11 is 0. The Hall–Kier alpha value is -0.460. The van der Waals surface area contributed by atoms with E-state index in [-0.39, 0.29) is 0 Å². The molecule has 1 heteroatoms. The van der Waals surface area contributed by atoms with Crippen molar-refractivity contribution >= 4 is 0 Å². The van der Waals surface area contributed by atoms with E-state index in [1.165, 1.54) is 0 Å². The van der Waals surface area contributed by atoms with E-state index in [0.29, 0.717) is 17.8 Å². The molecule has 0 saturated heterocycles. The lowest BCUT2D eigenvalue weighted by atomic mass is 9.85. The van der Waals surface area contributed by atoms with E-state index in [9.17, 15) is 0 Å². The van der Waals surface area contributed by atoms with E-state index < -0.39 is 0 Å². The number of allylic oxidation sites excluding steroid dienone is 1. The topological polar surface area (TPSA) is 9.23 Å². The van der Waals surface area contributed by atoms with Crippen LogP contribution in [0.4, 0.5) is 0 Å². The zero-order chi connectivity index (χ0) is 9.02. The van der Waals surface area contributed by atoms with Crippen LogP contribution in [0.2, 0.25) is 0 Å². The first-order valence-corrected chi connectivity index (χ1v) is 4.23. The number of hydrogen-bond donors (Lipinski definition) is 0. The summed E-state index contributed by atoms with van der Waals surface area (Å²) in [6.45, 7) is 12.7. The molecule has 0 saturated carbocycles. The van der Waals surface area contributed by atoms with Crippen LogP contribution in [0.15, 0.2) is 12.3 Å². The first-order chi connectivity index (χ1) is 5.00. The molecule has 0 aliphatic carbocycles. The molecule has 0 radical (unpaired) electrons. The Kier molecular flexibility index (Phi) is 4.24. The smallest absolute Gasteiger partial charge is 0.0914 e. The van der Waals surface area contributed by atoms with Gasteiger partial charge in [0.25, 0.3) is 0 Å². The van der Waals surface area contributed by atoms with E-state index in [1.807, 2.05) is 0 Å². The zero-order valence-electron chi connectivity index (χ0n) is 8.35. The molecule has 0 aliphatic heterocycles. The maximum absolute atomic E-state index is 5.09. The van der Waals surface area contributed by atoms with Crippen molar-refractivity contribution in [2.24, 2.45) is 17.8 Å². The minimum Gasteiger partial charge on any atom is -0.501 e. The van der Waals surface area contributed by atoms with Crippen molar-refractivity contribution in [2.45, 2.75) is 27.7 Å². The largest absolute Gasteiger partial charge is 0.501 e. The van der Waals surface area contributed by atoms with Gasteiger partial charge in [-0.2, -0.15) is 0 Å². The summed E-state index contributed by atoms with van der Waals surface area (Å²) < 4.78 is 5.09. The van der Waals surface area contributed by atoms with Crippen molar-refractivity contribution in [3.05, 3.63) is 12.3 Å². The molecule has 0 fully saturated rings. The van der Waals surface area contributed by atoms with Gasteiger partial charge in [-0.25, -0.2) is 0 Å². The molecule has 66 valence electrons. The van der Waals surface area contributed by atoms with Gasteiger partial charge in [0.15, 0.2) is 0 Å². The summed E-state index contributed by atoms with van der Waals surface area (Å²) in [4.78, 5) is 0. The third kappa shape index (κ3) is 2.96. The highest BCUT2D eigenvalue weighted by Crippen LogP contribution is 2.25. The summed E-state index contributed by atoms with van der Waals surface area (Å²) in [7, 11) is 1.69. The second-order valence-corrected chi connectivity index (χ2v) is 3.56. The van der Waals surface area contributed by atoms with E-state index in [1.54, 1.807) is 7.11 Å².